The van der Waals surface area contributed by atoms with Gasteiger partial charge in [0, 0.05) is 55.8 Å². The lowest BCUT2D eigenvalue weighted by atomic mass is 9.91. The van der Waals surface area contributed by atoms with Gasteiger partial charge in [0.1, 0.15) is 0 Å². The van der Waals surface area contributed by atoms with Crippen LogP contribution < -0.4 is 0 Å². The summed E-state index contributed by atoms with van der Waals surface area (Å²) >= 11 is 0. The number of fused-ring (bicyclic) bond motifs is 1. The summed E-state index contributed by atoms with van der Waals surface area (Å²) in [7, 11) is 0. The van der Waals surface area contributed by atoms with E-state index in [-0.39, 0.29) is 11.9 Å². The molecule has 1 saturated heterocycles. The Labute approximate surface area is 284 Å². The average Bonchev–Trinajstić information content (AvgIpc) is 3.13. The van der Waals surface area contributed by atoms with E-state index in [0.717, 1.165) is 71.6 Å². The largest absolute Gasteiger partial charge is 0.339 e. The molecule has 0 radical (unpaired) electrons. The smallest absolute Gasteiger partial charge is 0.236 e. The SMILES string of the molecule is Cc1cccc2cc(C(c3ccccc3)N(CC(=O)N3CCN(Cc4ccccc4)CC3)Cc3ccccc3)c(-c3ccccc3)nc12. The molecule has 1 aromatic heterocycles. The number of hydrogen-bond acceptors (Lipinski definition) is 4. The number of aryl methyl sites for hydroxylation is 1. The van der Waals surface area contributed by atoms with Crippen molar-refractivity contribution in [1.29, 1.82) is 0 Å². The van der Waals surface area contributed by atoms with E-state index in [4.69, 9.17) is 4.98 Å². The van der Waals surface area contributed by atoms with E-state index in [2.05, 4.69) is 155 Å². The first-order valence-corrected chi connectivity index (χ1v) is 16.9. The van der Waals surface area contributed by atoms with Gasteiger partial charge in [0.15, 0.2) is 0 Å². The van der Waals surface area contributed by atoms with Gasteiger partial charge in [0.2, 0.25) is 5.91 Å². The second kappa shape index (κ2) is 14.8. The molecule has 2 heterocycles. The highest BCUT2D eigenvalue weighted by Gasteiger charge is 2.31. The number of amides is 1. The third-order valence-corrected chi connectivity index (χ3v) is 9.44. The van der Waals surface area contributed by atoms with Crippen molar-refractivity contribution < 1.29 is 4.79 Å². The van der Waals surface area contributed by atoms with Gasteiger partial charge >= 0.3 is 0 Å². The van der Waals surface area contributed by atoms with E-state index in [1.807, 2.05) is 12.1 Å². The molecule has 5 heteroatoms. The van der Waals surface area contributed by atoms with Gasteiger partial charge < -0.3 is 4.90 Å². The molecule has 1 fully saturated rings. The maximum Gasteiger partial charge on any atom is 0.236 e. The second-order valence-electron chi connectivity index (χ2n) is 12.8. The first kappa shape index (κ1) is 31.5. The van der Waals surface area contributed by atoms with Crippen LogP contribution in [0.15, 0.2) is 146 Å². The average molecular weight is 631 g/mol. The quantitative estimate of drug-likeness (QED) is 0.153. The summed E-state index contributed by atoms with van der Waals surface area (Å²) in [5.41, 5.74) is 8.89. The molecule has 6 aromatic rings. The van der Waals surface area contributed by atoms with Crippen LogP contribution in [0.3, 0.4) is 0 Å². The Morgan fingerprint density at radius 2 is 1.31 bits per heavy atom. The van der Waals surface area contributed by atoms with Crippen molar-refractivity contribution in [2.24, 2.45) is 0 Å². The number of hydrogen-bond donors (Lipinski definition) is 0. The van der Waals surface area contributed by atoms with E-state index < -0.39 is 0 Å². The van der Waals surface area contributed by atoms with Crippen LogP contribution in [-0.2, 0) is 17.9 Å². The molecule has 0 bridgehead atoms. The molecule has 0 spiro atoms. The number of nitrogens with zero attached hydrogens (tertiary/aromatic N) is 4. The number of rotatable bonds is 10. The van der Waals surface area contributed by atoms with E-state index in [0.29, 0.717) is 13.1 Å². The van der Waals surface area contributed by atoms with Gasteiger partial charge in [0.05, 0.1) is 23.8 Å². The van der Waals surface area contributed by atoms with Crippen LogP contribution in [0.1, 0.15) is 33.9 Å². The molecule has 5 aromatic carbocycles. The number of aromatic nitrogens is 1. The molecular weight excluding hydrogens is 589 g/mol. The molecule has 5 nitrogen and oxygen atoms in total. The summed E-state index contributed by atoms with van der Waals surface area (Å²) in [5.74, 6) is 0.164. The Balaban J connectivity index is 1.27. The molecule has 7 rings (SSSR count). The number of para-hydroxylation sites is 1. The van der Waals surface area contributed by atoms with Gasteiger partial charge in [0.25, 0.3) is 0 Å². The van der Waals surface area contributed by atoms with E-state index >= 15 is 0 Å². The topological polar surface area (TPSA) is 39.7 Å². The molecule has 1 atom stereocenters. The standard InChI is InChI=1S/C43H42N4O/c1-33-15-14-24-38-29-39(42(44-41(33)38)36-20-10-4-11-21-36)43(37-22-12-5-13-23-37)47(31-35-18-8-3-9-19-35)32-40(48)46-27-25-45(26-28-46)30-34-16-6-2-7-17-34/h2-24,29,43H,25-28,30-32H2,1H3. The summed E-state index contributed by atoms with van der Waals surface area (Å²) < 4.78 is 0. The molecule has 1 aliphatic rings. The maximum absolute atomic E-state index is 14.3. The predicted molar refractivity (Wildman–Crippen MR) is 195 cm³/mol. The zero-order valence-electron chi connectivity index (χ0n) is 27.6. The first-order chi connectivity index (χ1) is 23.6. The van der Waals surface area contributed by atoms with Crippen LogP contribution in [-0.4, -0.2) is 58.3 Å². The van der Waals surface area contributed by atoms with Crippen molar-refractivity contribution in [2.75, 3.05) is 32.7 Å². The summed E-state index contributed by atoms with van der Waals surface area (Å²) in [6.45, 7) is 7.16. The summed E-state index contributed by atoms with van der Waals surface area (Å²) in [5, 5.41) is 1.10. The van der Waals surface area contributed by atoms with Gasteiger partial charge in [-0.2, -0.15) is 0 Å². The van der Waals surface area contributed by atoms with E-state index in [1.165, 1.54) is 11.1 Å². The van der Waals surface area contributed by atoms with Gasteiger partial charge in [-0.1, -0.05) is 140 Å². The summed E-state index contributed by atoms with van der Waals surface area (Å²) in [6.07, 6.45) is 0. The second-order valence-corrected chi connectivity index (χ2v) is 12.8. The number of benzene rings is 5. The minimum Gasteiger partial charge on any atom is -0.339 e. The third-order valence-electron chi connectivity index (χ3n) is 9.44. The number of carbonyl (C=O) groups is 1. The van der Waals surface area contributed by atoms with Crippen LogP contribution in [0.5, 0.6) is 0 Å². The Morgan fingerprint density at radius 3 is 1.98 bits per heavy atom. The van der Waals surface area contributed by atoms with Crippen molar-refractivity contribution in [3.63, 3.8) is 0 Å². The van der Waals surface area contributed by atoms with Crippen LogP contribution in [0, 0.1) is 6.92 Å². The van der Waals surface area contributed by atoms with Gasteiger partial charge in [-0.15, -0.1) is 0 Å². The van der Waals surface area contributed by atoms with Crippen molar-refractivity contribution in [2.45, 2.75) is 26.1 Å². The fraction of sp³-hybridized carbons (Fsp3) is 0.209. The molecule has 48 heavy (non-hydrogen) atoms. The number of piperazine rings is 1. The lowest BCUT2D eigenvalue weighted by Crippen LogP contribution is -2.51. The molecule has 0 aliphatic carbocycles. The predicted octanol–water partition coefficient (Wildman–Crippen LogP) is 8.15. The van der Waals surface area contributed by atoms with Crippen LogP contribution in [0.2, 0.25) is 0 Å². The zero-order valence-corrected chi connectivity index (χ0v) is 27.6. The highest BCUT2D eigenvalue weighted by atomic mass is 16.2. The van der Waals surface area contributed by atoms with Crippen molar-refractivity contribution >= 4 is 16.8 Å². The number of carbonyl (C=O) groups excluding carboxylic acids is 1. The molecule has 240 valence electrons. The maximum atomic E-state index is 14.3. The van der Waals surface area contributed by atoms with Crippen molar-refractivity contribution in [3.8, 4) is 11.3 Å². The highest BCUT2D eigenvalue weighted by molar-refractivity contribution is 5.86. The van der Waals surface area contributed by atoms with Gasteiger partial charge in [-0.25, -0.2) is 4.98 Å². The zero-order chi connectivity index (χ0) is 32.7. The van der Waals surface area contributed by atoms with Gasteiger partial charge in [-0.05, 0) is 35.2 Å². The normalized spacial score (nSPS) is 14.3. The van der Waals surface area contributed by atoms with Crippen LogP contribution in [0.25, 0.3) is 22.2 Å². The Hall–Kier alpha value is -5.10. The summed E-state index contributed by atoms with van der Waals surface area (Å²) in [4.78, 5) is 26.5. The lowest BCUT2D eigenvalue weighted by molar-refractivity contribution is -0.134. The third kappa shape index (κ3) is 7.23. The number of pyridine rings is 1. The molecule has 1 aliphatic heterocycles. The molecule has 1 unspecified atom stereocenters. The minimum atomic E-state index is -0.206. The van der Waals surface area contributed by atoms with E-state index in [1.54, 1.807) is 0 Å². The molecule has 0 N–H and O–H groups in total. The van der Waals surface area contributed by atoms with E-state index in [9.17, 15) is 4.79 Å². The molecule has 1 amide bonds. The Bertz CT molecular complexity index is 1940. The highest BCUT2D eigenvalue weighted by Crippen LogP contribution is 2.38. The van der Waals surface area contributed by atoms with Gasteiger partial charge in [-0.3, -0.25) is 14.6 Å². The van der Waals surface area contributed by atoms with Crippen molar-refractivity contribution in [1.82, 2.24) is 19.7 Å². The fourth-order valence-corrected chi connectivity index (χ4v) is 6.95. The molecular formula is C43H42N4O. The minimum absolute atomic E-state index is 0.164. The first-order valence-electron chi connectivity index (χ1n) is 16.9. The monoisotopic (exact) mass is 630 g/mol. The lowest BCUT2D eigenvalue weighted by Gasteiger charge is -2.38. The van der Waals surface area contributed by atoms with Crippen LogP contribution >= 0.6 is 0 Å². The Kier molecular flexibility index (Phi) is 9.69. The molecule has 0 saturated carbocycles. The van der Waals surface area contributed by atoms with Crippen molar-refractivity contribution in [3.05, 3.63) is 173 Å². The Morgan fingerprint density at radius 1 is 0.708 bits per heavy atom. The summed E-state index contributed by atoms with van der Waals surface area (Å²) in [6, 6.07) is 50.7. The fourth-order valence-electron chi connectivity index (χ4n) is 6.95. The van der Waals surface area contributed by atoms with Crippen LogP contribution in [0.4, 0.5) is 0 Å².